The number of anilines is 1. The zero-order chi connectivity index (χ0) is 22.9. The Morgan fingerprint density at radius 1 is 1.15 bits per heavy atom. The molecule has 0 saturated heterocycles. The summed E-state index contributed by atoms with van der Waals surface area (Å²) in [4.78, 5) is 29.3. The van der Waals surface area contributed by atoms with Gasteiger partial charge in [0.15, 0.2) is 15.9 Å². The number of esters is 1. The van der Waals surface area contributed by atoms with Crippen LogP contribution in [0, 0.1) is 0 Å². The Balaban J connectivity index is 1.35. The normalized spacial score (nSPS) is 12.3. The highest BCUT2D eigenvalue weighted by Crippen LogP contribution is 2.30. The van der Waals surface area contributed by atoms with Gasteiger partial charge in [-0.3, -0.25) is 9.20 Å². The van der Waals surface area contributed by atoms with Crippen molar-refractivity contribution in [1.29, 1.82) is 0 Å². The van der Waals surface area contributed by atoms with Crippen LogP contribution in [-0.4, -0.2) is 43.3 Å². The lowest BCUT2D eigenvalue weighted by Crippen LogP contribution is -2.22. The highest BCUT2D eigenvalue weighted by Gasteiger charge is 2.20. The first-order valence-corrected chi connectivity index (χ1v) is 12.0. The van der Waals surface area contributed by atoms with Crippen LogP contribution in [0.4, 0.5) is 5.13 Å². The number of pyridine rings is 1. The predicted molar refractivity (Wildman–Crippen MR) is 130 cm³/mol. The van der Waals surface area contributed by atoms with Crippen LogP contribution in [0.3, 0.4) is 0 Å². The summed E-state index contributed by atoms with van der Waals surface area (Å²) in [5.74, 6) is -0.571. The number of aromatic nitrogens is 4. The summed E-state index contributed by atoms with van der Waals surface area (Å²) in [5.41, 5.74) is 2.88. The van der Waals surface area contributed by atoms with Crippen LogP contribution in [0.2, 0.25) is 0 Å². The molecule has 0 radical (unpaired) electrons. The van der Waals surface area contributed by atoms with Crippen molar-refractivity contribution in [2.45, 2.75) is 24.3 Å². The van der Waals surface area contributed by atoms with E-state index in [-0.39, 0.29) is 11.9 Å². The Hall–Kier alpha value is -3.50. The van der Waals surface area contributed by atoms with E-state index in [4.69, 9.17) is 4.74 Å². The van der Waals surface area contributed by atoms with E-state index in [0.29, 0.717) is 28.0 Å². The van der Waals surface area contributed by atoms with Gasteiger partial charge in [-0.1, -0.05) is 41.3 Å². The van der Waals surface area contributed by atoms with E-state index >= 15 is 0 Å². The van der Waals surface area contributed by atoms with Gasteiger partial charge in [0.25, 0.3) is 0 Å². The van der Waals surface area contributed by atoms with Crippen molar-refractivity contribution >= 4 is 66.9 Å². The number of fused-ring (bicyclic) bond motifs is 4. The summed E-state index contributed by atoms with van der Waals surface area (Å²) >= 11 is 2.65. The van der Waals surface area contributed by atoms with Gasteiger partial charge in [0, 0.05) is 0 Å². The second-order valence-corrected chi connectivity index (χ2v) is 9.58. The van der Waals surface area contributed by atoms with E-state index < -0.39 is 5.25 Å². The maximum absolute atomic E-state index is 12.9. The number of benzene rings is 2. The second-order valence-electron chi connectivity index (χ2n) is 7.24. The minimum Gasteiger partial charge on any atom is -0.462 e. The minimum absolute atomic E-state index is 0.193. The van der Waals surface area contributed by atoms with Crippen molar-refractivity contribution < 1.29 is 14.3 Å². The van der Waals surface area contributed by atoms with Crippen molar-refractivity contribution in [3.05, 3.63) is 60.2 Å². The van der Waals surface area contributed by atoms with Gasteiger partial charge in [0.2, 0.25) is 5.91 Å². The number of rotatable bonds is 6. The van der Waals surface area contributed by atoms with E-state index in [1.54, 1.807) is 25.1 Å². The van der Waals surface area contributed by atoms with Crippen LogP contribution in [0.25, 0.3) is 26.8 Å². The molecule has 0 fully saturated rings. The Bertz CT molecular complexity index is 1510. The molecule has 0 aliphatic carbocycles. The molecular weight excluding hydrogens is 458 g/mol. The van der Waals surface area contributed by atoms with Crippen molar-refractivity contribution in [3.8, 4) is 0 Å². The third-order valence-electron chi connectivity index (χ3n) is 5.03. The largest absolute Gasteiger partial charge is 0.462 e. The Morgan fingerprint density at radius 3 is 2.85 bits per heavy atom. The molecule has 2 aromatic carbocycles. The van der Waals surface area contributed by atoms with Gasteiger partial charge in [0.1, 0.15) is 0 Å². The fourth-order valence-electron chi connectivity index (χ4n) is 3.43. The lowest BCUT2D eigenvalue weighted by Gasteiger charge is -2.10. The Kier molecular flexibility index (Phi) is 5.69. The maximum Gasteiger partial charge on any atom is 0.338 e. The topological polar surface area (TPSA) is 98.5 Å². The summed E-state index contributed by atoms with van der Waals surface area (Å²) in [7, 11) is 0. The van der Waals surface area contributed by atoms with Crippen molar-refractivity contribution in [3.63, 3.8) is 0 Å². The zero-order valence-corrected chi connectivity index (χ0v) is 19.4. The number of nitrogens with zero attached hydrogens (tertiary/aromatic N) is 4. The van der Waals surface area contributed by atoms with Crippen molar-refractivity contribution in [2.24, 2.45) is 0 Å². The van der Waals surface area contributed by atoms with Gasteiger partial charge >= 0.3 is 5.97 Å². The molecule has 5 aromatic rings. The van der Waals surface area contributed by atoms with Crippen LogP contribution in [0.1, 0.15) is 24.2 Å². The zero-order valence-electron chi connectivity index (χ0n) is 17.8. The highest BCUT2D eigenvalue weighted by atomic mass is 32.2. The van der Waals surface area contributed by atoms with Crippen LogP contribution in [0.5, 0.6) is 0 Å². The van der Waals surface area contributed by atoms with Crippen LogP contribution < -0.4 is 5.32 Å². The van der Waals surface area contributed by atoms with E-state index in [9.17, 15) is 9.59 Å². The summed E-state index contributed by atoms with van der Waals surface area (Å²) in [6.07, 6.45) is 0. The average molecular weight is 478 g/mol. The molecule has 33 heavy (non-hydrogen) atoms. The first-order chi connectivity index (χ1) is 16.0. The third kappa shape index (κ3) is 4.14. The molecule has 166 valence electrons. The molecule has 8 nitrogen and oxygen atoms in total. The van der Waals surface area contributed by atoms with Gasteiger partial charge in [-0.15, -0.1) is 10.2 Å². The van der Waals surface area contributed by atoms with Gasteiger partial charge < -0.3 is 10.1 Å². The molecule has 10 heteroatoms. The molecule has 0 bridgehead atoms. The van der Waals surface area contributed by atoms with Gasteiger partial charge in [-0.05, 0) is 55.6 Å². The molecule has 1 unspecified atom stereocenters. The van der Waals surface area contributed by atoms with Crippen LogP contribution >= 0.6 is 23.1 Å². The number of carbonyl (C=O) groups is 2. The van der Waals surface area contributed by atoms with Gasteiger partial charge in [0.05, 0.1) is 33.2 Å². The molecule has 5 rings (SSSR count). The van der Waals surface area contributed by atoms with E-state index in [0.717, 1.165) is 21.3 Å². The highest BCUT2D eigenvalue weighted by molar-refractivity contribution is 8.00. The first kappa shape index (κ1) is 21.4. The molecule has 1 amide bonds. The van der Waals surface area contributed by atoms with Gasteiger partial charge in [-0.25, -0.2) is 9.78 Å². The van der Waals surface area contributed by atoms with Crippen molar-refractivity contribution in [1.82, 2.24) is 19.6 Å². The third-order valence-corrected chi connectivity index (χ3v) is 7.01. The number of amides is 1. The summed E-state index contributed by atoms with van der Waals surface area (Å²) in [6, 6.07) is 17.0. The summed E-state index contributed by atoms with van der Waals surface area (Å²) in [6.45, 7) is 3.90. The Labute approximate surface area is 197 Å². The quantitative estimate of drug-likeness (QED) is 0.277. The fourth-order valence-corrected chi connectivity index (χ4v) is 5.20. The van der Waals surface area contributed by atoms with Gasteiger partial charge in [-0.2, -0.15) is 0 Å². The molecule has 0 saturated carbocycles. The molecular formula is C23H19N5O3S2. The van der Waals surface area contributed by atoms with Crippen LogP contribution in [0.15, 0.2) is 59.8 Å². The molecule has 0 spiro atoms. The average Bonchev–Trinajstić information content (AvgIpc) is 3.42. The second kappa shape index (κ2) is 8.80. The number of hydrogen-bond acceptors (Lipinski definition) is 8. The maximum atomic E-state index is 12.9. The van der Waals surface area contributed by atoms with E-state index in [2.05, 4.69) is 20.5 Å². The number of para-hydroxylation sites is 1. The number of nitrogens with one attached hydrogen (secondary N) is 1. The lowest BCUT2D eigenvalue weighted by molar-refractivity contribution is -0.115. The molecule has 0 aliphatic rings. The van der Waals surface area contributed by atoms with Crippen molar-refractivity contribution in [2.75, 3.05) is 11.9 Å². The standard InChI is InChI=1S/C23H19N5O3S2/c1-3-31-21(30)15-8-10-16-18(12-15)33-22(24-16)25-20(29)13(2)32-23-27-26-19-11-9-14-6-4-5-7-17(14)28(19)23/h4-13H,3H2,1-2H3,(H,24,25,29). The number of hydrogen-bond donors (Lipinski definition) is 1. The molecule has 3 heterocycles. The molecule has 0 aliphatic heterocycles. The first-order valence-electron chi connectivity index (χ1n) is 10.3. The predicted octanol–water partition coefficient (Wildman–Crippen LogP) is 4.79. The molecule has 3 aromatic heterocycles. The minimum atomic E-state index is -0.432. The lowest BCUT2D eigenvalue weighted by atomic mass is 10.2. The number of thioether (sulfide) groups is 1. The molecule has 1 N–H and O–H groups in total. The number of carbonyl (C=O) groups excluding carboxylic acids is 2. The molecule has 1 atom stereocenters. The smallest absolute Gasteiger partial charge is 0.338 e. The van der Waals surface area contributed by atoms with E-state index in [1.165, 1.54) is 23.1 Å². The number of thiazole rings is 1. The number of ether oxygens (including phenoxy) is 1. The monoisotopic (exact) mass is 477 g/mol. The fraction of sp³-hybridized carbons (Fsp3) is 0.174. The summed E-state index contributed by atoms with van der Waals surface area (Å²) < 4.78 is 7.80. The van der Waals surface area contributed by atoms with E-state index in [1.807, 2.05) is 47.7 Å². The SMILES string of the molecule is CCOC(=O)c1ccc2nc(NC(=O)C(C)Sc3nnc4ccc5ccccc5n34)sc2c1. The van der Waals surface area contributed by atoms with Crippen LogP contribution in [-0.2, 0) is 9.53 Å². The Morgan fingerprint density at radius 2 is 2.00 bits per heavy atom. The summed E-state index contributed by atoms with van der Waals surface area (Å²) in [5, 5.41) is 13.2.